The standard InChI is InChI=1S/C15H13NO6S/c1-8(17)22-10-7-5-4-6-9(10)12-11(14(18)20-2)13(23-16-12)15(19)21-3/h4-7H,1-3H3. The molecule has 2 rings (SSSR count). The maximum atomic E-state index is 12.1. The van der Waals surface area contributed by atoms with Gasteiger partial charge in [0.2, 0.25) is 0 Å². The van der Waals surface area contributed by atoms with Gasteiger partial charge in [0.1, 0.15) is 21.9 Å². The molecule has 1 aromatic carbocycles. The van der Waals surface area contributed by atoms with Gasteiger partial charge in [-0.2, -0.15) is 4.37 Å². The van der Waals surface area contributed by atoms with Crippen LogP contribution in [-0.4, -0.2) is 36.5 Å². The van der Waals surface area contributed by atoms with Crippen molar-refractivity contribution in [3.05, 3.63) is 34.7 Å². The fourth-order valence-electron chi connectivity index (χ4n) is 1.90. The number of hydrogen-bond donors (Lipinski definition) is 0. The van der Waals surface area contributed by atoms with E-state index in [-0.39, 0.29) is 21.9 Å². The third-order valence-electron chi connectivity index (χ3n) is 2.85. The molecular weight excluding hydrogens is 322 g/mol. The minimum atomic E-state index is -0.730. The number of carbonyl (C=O) groups is 3. The van der Waals surface area contributed by atoms with Crippen LogP contribution in [0.25, 0.3) is 11.3 Å². The van der Waals surface area contributed by atoms with Crippen molar-refractivity contribution in [3.8, 4) is 17.0 Å². The van der Waals surface area contributed by atoms with Crippen molar-refractivity contribution in [1.29, 1.82) is 0 Å². The Labute approximate surface area is 136 Å². The minimum absolute atomic E-state index is 0.0204. The number of esters is 3. The molecule has 23 heavy (non-hydrogen) atoms. The zero-order valence-corrected chi connectivity index (χ0v) is 13.4. The Kier molecular flexibility index (Phi) is 5.07. The van der Waals surface area contributed by atoms with Gasteiger partial charge in [-0.15, -0.1) is 0 Å². The van der Waals surface area contributed by atoms with Crippen molar-refractivity contribution in [3.63, 3.8) is 0 Å². The van der Waals surface area contributed by atoms with Crippen LogP contribution in [0.5, 0.6) is 5.75 Å². The van der Waals surface area contributed by atoms with E-state index >= 15 is 0 Å². The highest BCUT2D eigenvalue weighted by molar-refractivity contribution is 7.08. The Bertz CT molecular complexity index is 767. The van der Waals surface area contributed by atoms with Crippen LogP contribution in [0.2, 0.25) is 0 Å². The van der Waals surface area contributed by atoms with Gasteiger partial charge in [-0.25, -0.2) is 9.59 Å². The molecule has 8 heteroatoms. The summed E-state index contributed by atoms with van der Waals surface area (Å²) in [6.45, 7) is 1.26. The molecule has 0 saturated carbocycles. The van der Waals surface area contributed by atoms with E-state index in [1.54, 1.807) is 24.3 Å². The Morgan fingerprint density at radius 1 is 1.04 bits per heavy atom. The van der Waals surface area contributed by atoms with Crippen LogP contribution in [0.15, 0.2) is 24.3 Å². The summed E-state index contributed by atoms with van der Waals surface area (Å²) in [4.78, 5) is 35.1. The summed E-state index contributed by atoms with van der Waals surface area (Å²) in [6.07, 6.45) is 0. The lowest BCUT2D eigenvalue weighted by atomic mass is 10.1. The molecule has 0 aliphatic rings. The molecule has 1 aromatic heterocycles. The minimum Gasteiger partial charge on any atom is -0.465 e. The number of ether oxygens (including phenoxy) is 3. The SMILES string of the molecule is COC(=O)c1snc(-c2ccccc2OC(C)=O)c1C(=O)OC. The number of benzene rings is 1. The summed E-state index contributed by atoms with van der Waals surface area (Å²) in [6, 6.07) is 6.56. The number of rotatable bonds is 4. The predicted molar refractivity (Wildman–Crippen MR) is 81.5 cm³/mol. The molecule has 0 N–H and O–H groups in total. The van der Waals surface area contributed by atoms with Crippen LogP contribution in [0, 0.1) is 0 Å². The van der Waals surface area contributed by atoms with E-state index in [1.165, 1.54) is 21.1 Å². The van der Waals surface area contributed by atoms with E-state index in [1.807, 2.05) is 0 Å². The normalized spacial score (nSPS) is 10.0. The number of nitrogens with zero attached hydrogens (tertiary/aromatic N) is 1. The smallest absolute Gasteiger partial charge is 0.350 e. The van der Waals surface area contributed by atoms with Crippen LogP contribution in [0.1, 0.15) is 27.0 Å². The van der Waals surface area contributed by atoms with E-state index in [0.29, 0.717) is 5.56 Å². The van der Waals surface area contributed by atoms with Gasteiger partial charge in [0.25, 0.3) is 0 Å². The summed E-state index contributed by atoms with van der Waals surface area (Å²) in [7, 11) is 2.40. The molecule has 1 heterocycles. The molecule has 0 atom stereocenters. The van der Waals surface area contributed by atoms with Crippen molar-refractivity contribution in [2.75, 3.05) is 14.2 Å². The summed E-state index contributed by atoms with van der Waals surface area (Å²) in [5, 5.41) is 0. The van der Waals surface area contributed by atoms with E-state index in [0.717, 1.165) is 11.5 Å². The van der Waals surface area contributed by atoms with Gasteiger partial charge in [0, 0.05) is 12.5 Å². The molecule has 0 amide bonds. The van der Waals surface area contributed by atoms with Crippen molar-refractivity contribution >= 4 is 29.4 Å². The fraction of sp³-hybridized carbons (Fsp3) is 0.200. The largest absolute Gasteiger partial charge is 0.465 e. The first-order valence-corrected chi connectivity index (χ1v) is 7.21. The first kappa shape index (κ1) is 16.6. The van der Waals surface area contributed by atoms with Gasteiger partial charge >= 0.3 is 17.9 Å². The quantitative estimate of drug-likeness (QED) is 0.625. The van der Waals surface area contributed by atoms with E-state index < -0.39 is 17.9 Å². The monoisotopic (exact) mass is 335 g/mol. The maximum Gasteiger partial charge on any atom is 0.350 e. The topological polar surface area (TPSA) is 91.8 Å². The van der Waals surface area contributed by atoms with Gasteiger partial charge in [-0.1, -0.05) is 12.1 Å². The second-order valence-corrected chi connectivity index (χ2v) is 5.08. The highest BCUT2D eigenvalue weighted by Gasteiger charge is 2.29. The van der Waals surface area contributed by atoms with Crippen LogP contribution in [0.4, 0.5) is 0 Å². The Hall–Kier alpha value is -2.74. The fourth-order valence-corrected chi connectivity index (χ4v) is 2.70. The lowest BCUT2D eigenvalue weighted by Gasteiger charge is -2.08. The third kappa shape index (κ3) is 3.37. The summed E-state index contributed by atoms with van der Waals surface area (Å²) in [5.74, 6) is -1.71. The van der Waals surface area contributed by atoms with Gasteiger partial charge in [0.15, 0.2) is 0 Å². The van der Waals surface area contributed by atoms with Gasteiger partial charge in [-0.3, -0.25) is 4.79 Å². The van der Waals surface area contributed by atoms with E-state index in [9.17, 15) is 14.4 Å². The Morgan fingerprint density at radius 3 is 2.30 bits per heavy atom. The first-order valence-electron chi connectivity index (χ1n) is 6.43. The molecule has 0 aliphatic carbocycles. The van der Waals surface area contributed by atoms with Crippen molar-refractivity contribution in [2.24, 2.45) is 0 Å². The average Bonchev–Trinajstić information content (AvgIpc) is 2.98. The highest BCUT2D eigenvalue weighted by Crippen LogP contribution is 2.35. The van der Waals surface area contributed by atoms with Gasteiger partial charge < -0.3 is 14.2 Å². The Morgan fingerprint density at radius 2 is 1.70 bits per heavy atom. The molecule has 0 unspecified atom stereocenters. The predicted octanol–water partition coefficient (Wildman–Crippen LogP) is 2.31. The molecule has 7 nitrogen and oxygen atoms in total. The van der Waals surface area contributed by atoms with Crippen LogP contribution in [-0.2, 0) is 14.3 Å². The molecule has 2 aromatic rings. The van der Waals surface area contributed by atoms with Crippen molar-refractivity contribution in [1.82, 2.24) is 4.37 Å². The molecule has 0 bridgehead atoms. The number of aromatic nitrogens is 1. The van der Waals surface area contributed by atoms with Crippen LogP contribution in [0.3, 0.4) is 0 Å². The highest BCUT2D eigenvalue weighted by atomic mass is 32.1. The van der Waals surface area contributed by atoms with E-state index in [2.05, 4.69) is 9.11 Å². The Balaban J connectivity index is 2.65. The zero-order valence-electron chi connectivity index (χ0n) is 12.6. The molecule has 0 aliphatic heterocycles. The van der Waals surface area contributed by atoms with Crippen LogP contribution >= 0.6 is 11.5 Å². The van der Waals surface area contributed by atoms with Crippen molar-refractivity contribution in [2.45, 2.75) is 6.92 Å². The number of methoxy groups -OCH3 is 2. The lowest BCUT2D eigenvalue weighted by Crippen LogP contribution is -2.10. The third-order valence-corrected chi connectivity index (χ3v) is 3.68. The molecule has 0 fully saturated rings. The van der Waals surface area contributed by atoms with Gasteiger partial charge in [-0.05, 0) is 23.7 Å². The van der Waals surface area contributed by atoms with Crippen LogP contribution < -0.4 is 4.74 Å². The van der Waals surface area contributed by atoms with Gasteiger partial charge in [0.05, 0.1) is 14.2 Å². The van der Waals surface area contributed by atoms with Crippen molar-refractivity contribution < 1.29 is 28.6 Å². The van der Waals surface area contributed by atoms with E-state index in [4.69, 9.17) is 9.47 Å². The second kappa shape index (κ2) is 7.01. The lowest BCUT2D eigenvalue weighted by molar-refractivity contribution is -0.131. The second-order valence-electron chi connectivity index (χ2n) is 4.31. The summed E-state index contributed by atoms with van der Waals surface area (Å²) < 4.78 is 18.6. The summed E-state index contributed by atoms with van der Waals surface area (Å²) >= 11 is 0.809. The molecule has 0 radical (unpaired) electrons. The average molecular weight is 335 g/mol. The maximum absolute atomic E-state index is 12.1. The summed E-state index contributed by atoms with van der Waals surface area (Å²) in [5.41, 5.74) is 0.567. The molecule has 120 valence electrons. The number of para-hydroxylation sites is 1. The molecular formula is C15H13NO6S. The zero-order chi connectivity index (χ0) is 17.0. The first-order chi connectivity index (χ1) is 11.0. The molecule has 0 saturated heterocycles. The molecule has 0 spiro atoms. The number of hydrogen-bond acceptors (Lipinski definition) is 8. The number of carbonyl (C=O) groups excluding carboxylic acids is 3.